The number of carbonyl (C=O) groups is 1. The predicted molar refractivity (Wildman–Crippen MR) is 72.9 cm³/mol. The van der Waals surface area contributed by atoms with Gasteiger partial charge >= 0.3 is 0 Å². The lowest BCUT2D eigenvalue weighted by atomic mass is 10.2. The van der Waals surface area contributed by atoms with Crippen LogP contribution in [0.5, 0.6) is 0 Å². The lowest BCUT2D eigenvalue weighted by Crippen LogP contribution is -2.38. The molecule has 1 heterocycles. The SMILES string of the molecule is CCCNC(=O)C(C)Nc1nnc(Cl)c(C)c1C. The zero-order valence-corrected chi connectivity index (χ0v) is 11.9. The van der Waals surface area contributed by atoms with Crippen LogP contribution in [0.25, 0.3) is 0 Å². The minimum atomic E-state index is -0.356. The molecule has 1 atom stereocenters. The molecule has 0 aliphatic rings. The van der Waals surface area contributed by atoms with E-state index in [0.29, 0.717) is 17.5 Å². The minimum Gasteiger partial charge on any atom is -0.357 e. The molecule has 1 aromatic heterocycles. The number of hydrogen-bond acceptors (Lipinski definition) is 4. The quantitative estimate of drug-likeness (QED) is 0.860. The number of hydrogen-bond donors (Lipinski definition) is 2. The zero-order chi connectivity index (χ0) is 13.7. The molecule has 100 valence electrons. The predicted octanol–water partition coefficient (Wildman–Crippen LogP) is 2.07. The highest BCUT2D eigenvalue weighted by atomic mass is 35.5. The van der Waals surface area contributed by atoms with Crippen LogP contribution in [-0.2, 0) is 4.79 Å². The van der Waals surface area contributed by atoms with Crippen LogP contribution in [0, 0.1) is 13.8 Å². The maximum absolute atomic E-state index is 11.7. The van der Waals surface area contributed by atoms with E-state index in [1.54, 1.807) is 6.92 Å². The van der Waals surface area contributed by atoms with E-state index in [1.165, 1.54) is 0 Å². The van der Waals surface area contributed by atoms with E-state index >= 15 is 0 Å². The highest BCUT2D eigenvalue weighted by molar-refractivity contribution is 6.30. The van der Waals surface area contributed by atoms with Gasteiger partial charge in [-0.2, -0.15) is 0 Å². The van der Waals surface area contributed by atoms with Crippen LogP contribution < -0.4 is 10.6 Å². The van der Waals surface area contributed by atoms with Crippen LogP contribution in [-0.4, -0.2) is 28.7 Å². The number of amides is 1. The molecule has 0 radical (unpaired) electrons. The Morgan fingerprint density at radius 3 is 2.61 bits per heavy atom. The highest BCUT2D eigenvalue weighted by Gasteiger charge is 2.15. The first-order chi connectivity index (χ1) is 8.47. The van der Waals surface area contributed by atoms with Crippen molar-refractivity contribution in [2.45, 2.75) is 40.2 Å². The van der Waals surface area contributed by atoms with Crippen molar-refractivity contribution in [2.24, 2.45) is 0 Å². The van der Waals surface area contributed by atoms with Gasteiger partial charge < -0.3 is 10.6 Å². The van der Waals surface area contributed by atoms with E-state index < -0.39 is 0 Å². The van der Waals surface area contributed by atoms with Crippen LogP contribution in [0.3, 0.4) is 0 Å². The van der Waals surface area contributed by atoms with Crippen LogP contribution >= 0.6 is 11.6 Å². The van der Waals surface area contributed by atoms with Crippen LogP contribution in [0.2, 0.25) is 5.15 Å². The molecular weight excluding hydrogens is 252 g/mol. The molecule has 0 saturated carbocycles. The molecule has 1 rings (SSSR count). The van der Waals surface area contributed by atoms with E-state index in [1.807, 2.05) is 20.8 Å². The van der Waals surface area contributed by atoms with Gasteiger partial charge in [0.05, 0.1) is 0 Å². The second kappa shape index (κ2) is 6.54. The summed E-state index contributed by atoms with van der Waals surface area (Å²) in [5.74, 6) is 0.543. The summed E-state index contributed by atoms with van der Waals surface area (Å²) in [7, 11) is 0. The summed E-state index contributed by atoms with van der Waals surface area (Å²) in [6.45, 7) is 8.25. The van der Waals surface area contributed by atoms with Gasteiger partial charge in [-0.15, -0.1) is 10.2 Å². The molecule has 0 aliphatic carbocycles. The first kappa shape index (κ1) is 14.7. The molecule has 0 saturated heterocycles. The van der Waals surface area contributed by atoms with E-state index in [-0.39, 0.29) is 11.9 Å². The summed E-state index contributed by atoms with van der Waals surface area (Å²) in [6, 6.07) is -0.356. The zero-order valence-electron chi connectivity index (χ0n) is 11.2. The molecule has 6 heteroatoms. The van der Waals surface area contributed by atoms with Gasteiger partial charge in [-0.3, -0.25) is 4.79 Å². The average molecular weight is 271 g/mol. The largest absolute Gasteiger partial charge is 0.357 e. The fourth-order valence-electron chi connectivity index (χ4n) is 1.39. The van der Waals surface area contributed by atoms with Gasteiger partial charge in [0.1, 0.15) is 6.04 Å². The molecule has 0 spiro atoms. The molecule has 2 N–H and O–H groups in total. The Hall–Kier alpha value is -1.36. The third-order valence-electron chi connectivity index (χ3n) is 2.76. The van der Waals surface area contributed by atoms with Gasteiger partial charge in [0.25, 0.3) is 0 Å². The smallest absolute Gasteiger partial charge is 0.242 e. The molecule has 5 nitrogen and oxygen atoms in total. The second-order valence-corrected chi connectivity index (χ2v) is 4.60. The maximum atomic E-state index is 11.7. The maximum Gasteiger partial charge on any atom is 0.242 e. The fourth-order valence-corrected chi connectivity index (χ4v) is 1.56. The third-order valence-corrected chi connectivity index (χ3v) is 3.12. The minimum absolute atomic E-state index is 0.0503. The summed E-state index contributed by atoms with van der Waals surface area (Å²) in [6.07, 6.45) is 0.914. The molecule has 0 aromatic carbocycles. The Balaban J connectivity index is 2.73. The summed E-state index contributed by atoms with van der Waals surface area (Å²) in [5, 5.41) is 14.1. The van der Waals surface area contributed by atoms with Crippen molar-refractivity contribution in [1.29, 1.82) is 0 Å². The number of nitrogens with zero attached hydrogens (tertiary/aromatic N) is 2. The molecule has 1 unspecified atom stereocenters. The van der Waals surface area contributed by atoms with Crippen molar-refractivity contribution in [3.63, 3.8) is 0 Å². The fraction of sp³-hybridized carbons (Fsp3) is 0.583. The third kappa shape index (κ3) is 3.57. The van der Waals surface area contributed by atoms with Gasteiger partial charge in [-0.05, 0) is 38.3 Å². The lowest BCUT2D eigenvalue weighted by molar-refractivity contribution is -0.121. The van der Waals surface area contributed by atoms with Crippen molar-refractivity contribution < 1.29 is 4.79 Å². The molecule has 0 bridgehead atoms. The number of rotatable bonds is 5. The van der Waals surface area contributed by atoms with Gasteiger partial charge in [0.15, 0.2) is 11.0 Å². The van der Waals surface area contributed by atoms with Crippen molar-refractivity contribution in [3.8, 4) is 0 Å². The van der Waals surface area contributed by atoms with Crippen molar-refractivity contribution in [3.05, 3.63) is 16.3 Å². The Morgan fingerprint density at radius 2 is 2.00 bits per heavy atom. The molecule has 18 heavy (non-hydrogen) atoms. The van der Waals surface area contributed by atoms with E-state index in [9.17, 15) is 4.79 Å². The van der Waals surface area contributed by atoms with E-state index in [0.717, 1.165) is 17.5 Å². The Labute approximate surface area is 112 Å². The Morgan fingerprint density at radius 1 is 1.33 bits per heavy atom. The molecule has 0 aliphatic heterocycles. The number of halogens is 1. The standard InChI is InChI=1S/C12H19ClN4O/c1-5-6-14-12(18)9(4)15-11-8(3)7(2)10(13)16-17-11/h9H,5-6H2,1-4H3,(H,14,18)(H,15,17). The average Bonchev–Trinajstić information content (AvgIpc) is 2.36. The highest BCUT2D eigenvalue weighted by Crippen LogP contribution is 2.20. The number of aromatic nitrogens is 2. The van der Waals surface area contributed by atoms with E-state index in [4.69, 9.17) is 11.6 Å². The normalized spacial score (nSPS) is 12.1. The number of nitrogens with one attached hydrogen (secondary N) is 2. The van der Waals surface area contributed by atoms with Crippen LogP contribution in [0.4, 0.5) is 5.82 Å². The van der Waals surface area contributed by atoms with Gasteiger partial charge in [0, 0.05) is 6.54 Å². The Bertz CT molecular complexity index is 436. The Kier molecular flexibility index (Phi) is 5.34. The van der Waals surface area contributed by atoms with Gasteiger partial charge in [0.2, 0.25) is 5.91 Å². The first-order valence-corrected chi connectivity index (χ1v) is 6.38. The van der Waals surface area contributed by atoms with Gasteiger partial charge in [-0.25, -0.2) is 0 Å². The van der Waals surface area contributed by atoms with Gasteiger partial charge in [-0.1, -0.05) is 18.5 Å². The number of carbonyl (C=O) groups excluding carboxylic acids is 1. The molecule has 0 fully saturated rings. The van der Waals surface area contributed by atoms with E-state index in [2.05, 4.69) is 20.8 Å². The summed E-state index contributed by atoms with van der Waals surface area (Å²) < 4.78 is 0. The summed E-state index contributed by atoms with van der Waals surface area (Å²) >= 11 is 5.87. The molecule has 1 aromatic rings. The number of anilines is 1. The monoisotopic (exact) mass is 270 g/mol. The lowest BCUT2D eigenvalue weighted by Gasteiger charge is -2.16. The van der Waals surface area contributed by atoms with Crippen LogP contribution in [0.15, 0.2) is 0 Å². The molecule has 1 amide bonds. The van der Waals surface area contributed by atoms with Crippen LogP contribution in [0.1, 0.15) is 31.4 Å². The first-order valence-electron chi connectivity index (χ1n) is 6.01. The second-order valence-electron chi connectivity index (χ2n) is 4.25. The summed E-state index contributed by atoms with van der Waals surface area (Å²) in [5.41, 5.74) is 1.78. The van der Waals surface area contributed by atoms with Crippen molar-refractivity contribution in [1.82, 2.24) is 15.5 Å². The topological polar surface area (TPSA) is 66.9 Å². The van der Waals surface area contributed by atoms with Crippen molar-refractivity contribution in [2.75, 3.05) is 11.9 Å². The molecular formula is C12H19ClN4O. The van der Waals surface area contributed by atoms with Crippen molar-refractivity contribution >= 4 is 23.3 Å². The summed E-state index contributed by atoms with van der Waals surface area (Å²) in [4.78, 5) is 11.7.